The van der Waals surface area contributed by atoms with Crippen molar-refractivity contribution in [1.29, 1.82) is 0 Å². The summed E-state index contributed by atoms with van der Waals surface area (Å²) in [4.78, 5) is 0. The van der Waals surface area contributed by atoms with Gasteiger partial charge >= 0.3 is 0 Å². The summed E-state index contributed by atoms with van der Waals surface area (Å²) in [5.41, 5.74) is 1.48. The van der Waals surface area contributed by atoms with E-state index in [0.29, 0.717) is 0 Å². The van der Waals surface area contributed by atoms with Crippen LogP contribution in [0.3, 0.4) is 0 Å². The molecule has 0 aromatic rings. The molecule has 1 heterocycles. The van der Waals surface area contributed by atoms with Gasteiger partial charge in [0, 0.05) is 15.7 Å². The topological polar surface area (TPSA) is 0 Å². The van der Waals surface area contributed by atoms with E-state index < -0.39 is 0 Å². The van der Waals surface area contributed by atoms with Crippen LogP contribution in [0.4, 0.5) is 0 Å². The first-order valence-corrected chi connectivity index (χ1v) is 4.71. The summed E-state index contributed by atoms with van der Waals surface area (Å²) >= 11 is 3.99. The van der Waals surface area contributed by atoms with Crippen molar-refractivity contribution in [3.8, 4) is 0 Å². The van der Waals surface area contributed by atoms with Crippen LogP contribution in [-0.2, 0) is 0 Å². The third-order valence-electron chi connectivity index (χ3n) is 0.958. The quantitative estimate of drug-likeness (QED) is 0.515. The van der Waals surface area contributed by atoms with E-state index in [1.165, 1.54) is 17.1 Å². The second kappa shape index (κ2) is 2.83. The fourth-order valence-corrected chi connectivity index (χ4v) is 3.05. The molecule has 1 fully saturated rings. The van der Waals surface area contributed by atoms with Crippen molar-refractivity contribution in [2.75, 3.05) is 11.5 Å². The molecule has 1 rings (SSSR count). The van der Waals surface area contributed by atoms with Gasteiger partial charge in [-0.1, -0.05) is 5.57 Å². The number of hydrogen-bond acceptors (Lipinski definition) is 2. The highest BCUT2D eigenvalue weighted by atomic mass is 32.2. The molecule has 0 unspecified atom stereocenters. The zero-order chi connectivity index (χ0) is 5.98. The second-order valence-electron chi connectivity index (χ2n) is 1.98. The fourth-order valence-electron chi connectivity index (χ4n) is 0.599. The van der Waals surface area contributed by atoms with Gasteiger partial charge in [-0.05, 0) is 13.8 Å². The Morgan fingerprint density at radius 3 is 2.00 bits per heavy atom. The number of rotatable bonds is 0. The van der Waals surface area contributed by atoms with Crippen LogP contribution in [0.1, 0.15) is 13.8 Å². The third kappa shape index (κ3) is 1.46. The van der Waals surface area contributed by atoms with Crippen molar-refractivity contribution in [2.45, 2.75) is 13.8 Å². The first-order valence-electron chi connectivity index (χ1n) is 2.74. The van der Waals surface area contributed by atoms with Gasteiger partial charge in [-0.3, -0.25) is 0 Å². The van der Waals surface area contributed by atoms with Gasteiger partial charge in [-0.2, -0.15) is 0 Å². The van der Waals surface area contributed by atoms with Gasteiger partial charge in [0.2, 0.25) is 0 Å². The second-order valence-corrected chi connectivity index (χ2v) is 4.45. The Kier molecular flexibility index (Phi) is 2.32. The average Bonchev–Trinajstić information content (AvgIpc) is 2.12. The minimum Gasteiger partial charge on any atom is -0.118 e. The Balaban J connectivity index is 2.58. The van der Waals surface area contributed by atoms with E-state index in [9.17, 15) is 0 Å². The summed E-state index contributed by atoms with van der Waals surface area (Å²) in [6.07, 6.45) is 0. The highest BCUT2D eigenvalue weighted by Gasteiger charge is 2.07. The lowest BCUT2D eigenvalue weighted by molar-refractivity contribution is 1.41. The lowest BCUT2D eigenvalue weighted by Crippen LogP contribution is -1.64. The van der Waals surface area contributed by atoms with E-state index in [0.717, 1.165) is 0 Å². The molecule has 1 aliphatic heterocycles. The normalized spacial score (nSPS) is 19.5. The molecular weight excluding hydrogens is 136 g/mol. The Bertz CT molecular complexity index is 104. The molecule has 0 atom stereocenters. The van der Waals surface area contributed by atoms with Crippen LogP contribution in [0.5, 0.6) is 0 Å². The molecule has 0 aromatic heterocycles. The molecule has 8 heavy (non-hydrogen) atoms. The zero-order valence-corrected chi connectivity index (χ0v) is 6.86. The van der Waals surface area contributed by atoms with E-state index in [4.69, 9.17) is 0 Å². The van der Waals surface area contributed by atoms with Gasteiger partial charge in [0.15, 0.2) is 0 Å². The molecule has 46 valence electrons. The number of thioether (sulfide) groups is 2. The van der Waals surface area contributed by atoms with Crippen LogP contribution in [0.25, 0.3) is 0 Å². The maximum atomic E-state index is 2.18. The molecule has 0 spiro atoms. The highest BCUT2D eigenvalue weighted by Crippen LogP contribution is 2.38. The average molecular weight is 146 g/mol. The Hall–Kier alpha value is 0.440. The molecule has 0 aromatic carbocycles. The maximum Gasteiger partial charge on any atom is 0.0387 e. The molecule has 0 saturated carbocycles. The molecule has 0 radical (unpaired) electrons. The monoisotopic (exact) mass is 146 g/mol. The molecule has 0 aliphatic carbocycles. The number of allylic oxidation sites excluding steroid dienone is 1. The van der Waals surface area contributed by atoms with Crippen molar-refractivity contribution in [1.82, 2.24) is 0 Å². The molecule has 0 bridgehead atoms. The number of hydrogen-bond donors (Lipinski definition) is 0. The Labute approximate surface area is 59.1 Å². The molecule has 1 saturated heterocycles. The minimum atomic E-state index is 1.31. The van der Waals surface area contributed by atoms with Crippen LogP contribution < -0.4 is 0 Å². The molecule has 0 N–H and O–H groups in total. The zero-order valence-electron chi connectivity index (χ0n) is 5.23. The summed E-state index contributed by atoms with van der Waals surface area (Å²) in [5, 5.41) is 0. The van der Waals surface area contributed by atoms with Gasteiger partial charge < -0.3 is 0 Å². The molecule has 0 amide bonds. The van der Waals surface area contributed by atoms with Gasteiger partial charge in [-0.15, -0.1) is 23.5 Å². The predicted molar refractivity (Wildman–Crippen MR) is 43.3 cm³/mol. The largest absolute Gasteiger partial charge is 0.118 e. The fraction of sp³-hybridized carbons (Fsp3) is 0.667. The van der Waals surface area contributed by atoms with Gasteiger partial charge in [0.25, 0.3) is 0 Å². The highest BCUT2D eigenvalue weighted by molar-refractivity contribution is 8.25. The summed E-state index contributed by atoms with van der Waals surface area (Å²) in [7, 11) is 0. The van der Waals surface area contributed by atoms with E-state index in [1.807, 2.05) is 23.5 Å². The molecule has 2 heteroatoms. The van der Waals surface area contributed by atoms with E-state index >= 15 is 0 Å². The van der Waals surface area contributed by atoms with E-state index in [2.05, 4.69) is 13.8 Å². The van der Waals surface area contributed by atoms with Gasteiger partial charge in [0.1, 0.15) is 0 Å². The SMILES string of the molecule is CC(C)=C1SCCS1. The lowest BCUT2D eigenvalue weighted by Gasteiger charge is -1.93. The predicted octanol–water partition coefficient (Wildman–Crippen LogP) is 2.72. The first-order chi connectivity index (χ1) is 3.80. The van der Waals surface area contributed by atoms with Crippen LogP contribution in [-0.4, -0.2) is 11.5 Å². The minimum absolute atomic E-state index is 1.31. The van der Waals surface area contributed by atoms with Crippen molar-refractivity contribution >= 4 is 23.5 Å². The Morgan fingerprint density at radius 1 is 1.25 bits per heavy atom. The van der Waals surface area contributed by atoms with Crippen LogP contribution in [0.15, 0.2) is 9.81 Å². The van der Waals surface area contributed by atoms with E-state index in [1.54, 1.807) is 4.24 Å². The maximum absolute atomic E-state index is 2.18. The molecule has 0 nitrogen and oxygen atoms in total. The smallest absolute Gasteiger partial charge is 0.0387 e. The first kappa shape index (κ1) is 6.56. The molecular formula is C6H10S2. The van der Waals surface area contributed by atoms with Crippen molar-refractivity contribution in [3.05, 3.63) is 9.81 Å². The van der Waals surface area contributed by atoms with Crippen LogP contribution in [0.2, 0.25) is 0 Å². The molecule has 1 aliphatic rings. The Morgan fingerprint density at radius 2 is 1.75 bits per heavy atom. The summed E-state index contributed by atoms with van der Waals surface area (Å²) in [6.45, 7) is 4.36. The standard InChI is InChI=1S/C6H10S2/c1-5(2)6-7-3-4-8-6/h3-4H2,1-2H3. The van der Waals surface area contributed by atoms with Crippen LogP contribution >= 0.6 is 23.5 Å². The van der Waals surface area contributed by atoms with Crippen molar-refractivity contribution in [2.24, 2.45) is 0 Å². The van der Waals surface area contributed by atoms with Crippen molar-refractivity contribution in [3.63, 3.8) is 0 Å². The third-order valence-corrected chi connectivity index (χ3v) is 4.08. The van der Waals surface area contributed by atoms with Gasteiger partial charge in [0.05, 0.1) is 0 Å². The lowest BCUT2D eigenvalue weighted by atomic mass is 10.4. The summed E-state index contributed by atoms with van der Waals surface area (Å²) in [5.74, 6) is 2.62. The van der Waals surface area contributed by atoms with E-state index in [-0.39, 0.29) is 0 Å². The summed E-state index contributed by atoms with van der Waals surface area (Å²) < 4.78 is 1.55. The summed E-state index contributed by atoms with van der Waals surface area (Å²) in [6, 6.07) is 0. The van der Waals surface area contributed by atoms with Gasteiger partial charge in [-0.25, -0.2) is 0 Å². The van der Waals surface area contributed by atoms with Crippen molar-refractivity contribution < 1.29 is 0 Å². The van der Waals surface area contributed by atoms with Crippen LogP contribution in [0, 0.1) is 0 Å².